The highest BCUT2D eigenvalue weighted by Gasteiger charge is 2.46. The highest BCUT2D eigenvalue weighted by Crippen LogP contribution is 2.45. The number of amides is 2. The van der Waals surface area contributed by atoms with Crippen LogP contribution in [0.2, 0.25) is 0 Å². The molecule has 2 aliphatic carbocycles. The van der Waals surface area contributed by atoms with Gasteiger partial charge in [-0.25, -0.2) is 4.98 Å². The van der Waals surface area contributed by atoms with Crippen molar-refractivity contribution in [1.29, 1.82) is 0 Å². The molecular weight excluding hydrogens is 439 g/mol. The molecule has 3 N–H and O–H groups in total. The topological polar surface area (TPSA) is 113 Å². The number of aliphatic hydroxyl groups is 1. The van der Waals surface area contributed by atoms with Crippen LogP contribution in [0.1, 0.15) is 71.1 Å². The highest BCUT2D eigenvalue weighted by atomic mass is 19.1. The average Bonchev–Trinajstić information content (AvgIpc) is 2.99. The van der Waals surface area contributed by atoms with Gasteiger partial charge in [0.1, 0.15) is 0 Å². The van der Waals surface area contributed by atoms with Crippen molar-refractivity contribution in [2.45, 2.75) is 64.5 Å². The number of carbonyl (C=O) groups excluding carboxylic acids is 3. The maximum atomic E-state index is 13.2. The van der Waals surface area contributed by atoms with Gasteiger partial charge in [-0.1, -0.05) is 13.3 Å². The first-order valence-electron chi connectivity index (χ1n) is 11.7. The van der Waals surface area contributed by atoms with Gasteiger partial charge in [-0.3, -0.25) is 14.4 Å². The van der Waals surface area contributed by atoms with Crippen molar-refractivity contribution in [2.75, 3.05) is 5.32 Å². The number of ketones is 1. The summed E-state index contributed by atoms with van der Waals surface area (Å²) in [5.41, 5.74) is 1.02. The third-order valence-electron chi connectivity index (χ3n) is 7.54. The van der Waals surface area contributed by atoms with Crippen molar-refractivity contribution < 1.29 is 23.9 Å². The highest BCUT2D eigenvalue weighted by molar-refractivity contribution is 6.43. The molecule has 2 amide bonds. The second kappa shape index (κ2) is 8.94. The lowest BCUT2D eigenvalue weighted by molar-refractivity contribution is -0.122. The van der Waals surface area contributed by atoms with Gasteiger partial charge in [0, 0.05) is 18.8 Å². The fourth-order valence-electron chi connectivity index (χ4n) is 5.93. The van der Waals surface area contributed by atoms with Crippen LogP contribution in [0.25, 0.3) is 0 Å². The van der Waals surface area contributed by atoms with Crippen LogP contribution >= 0.6 is 0 Å². The molecule has 0 aliphatic heterocycles. The minimum atomic E-state index is -0.703. The molecule has 0 radical (unpaired) electrons. The number of fused-ring (bicyclic) bond motifs is 2. The molecule has 2 saturated carbocycles. The monoisotopic (exact) mass is 470 g/mol. The van der Waals surface area contributed by atoms with E-state index in [0.29, 0.717) is 29.8 Å². The zero-order valence-electron chi connectivity index (χ0n) is 19.9. The lowest BCUT2D eigenvalue weighted by Crippen LogP contribution is -2.56. The predicted octanol–water partition coefficient (Wildman–Crippen LogP) is 3.06. The summed E-state index contributed by atoms with van der Waals surface area (Å²) in [5.74, 6) is -2.33. The Labute approximate surface area is 197 Å². The Morgan fingerprint density at radius 3 is 2.65 bits per heavy atom. The second-order valence-electron chi connectivity index (χ2n) is 9.91. The van der Waals surface area contributed by atoms with Crippen molar-refractivity contribution in [3.63, 3.8) is 0 Å². The van der Waals surface area contributed by atoms with Crippen LogP contribution in [0.5, 0.6) is 0 Å². The Balaban J connectivity index is 1.53. The van der Waals surface area contributed by atoms with Crippen molar-refractivity contribution in [1.82, 2.24) is 14.9 Å². The van der Waals surface area contributed by atoms with Gasteiger partial charge in [-0.2, -0.15) is 4.39 Å². The molecule has 9 heteroatoms. The fourth-order valence-corrected chi connectivity index (χ4v) is 5.93. The van der Waals surface area contributed by atoms with Crippen LogP contribution in [0, 0.1) is 31.6 Å². The zero-order chi connectivity index (χ0) is 24.8. The third-order valence-corrected chi connectivity index (χ3v) is 7.54. The van der Waals surface area contributed by atoms with E-state index in [2.05, 4.69) is 15.6 Å². The Morgan fingerprint density at radius 1 is 1.24 bits per heavy atom. The first-order chi connectivity index (χ1) is 16.0. The molecule has 2 aromatic rings. The summed E-state index contributed by atoms with van der Waals surface area (Å²) in [7, 11) is 1.64. The quantitative estimate of drug-likeness (QED) is 0.353. The first kappa shape index (κ1) is 24.1. The van der Waals surface area contributed by atoms with Gasteiger partial charge in [-0.05, 0) is 69.1 Å². The van der Waals surface area contributed by atoms with E-state index in [1.165, 1.54) is 12.3 Å². The number of nitrogens with one attached hydrogen (secondary N) is 2. The molecule has 4 rings (SSSR count). The summed E-state index contributed by atoms with van der Waals surface area (Å²) in [6.07, 6.45) is 5.06. The molecule has 182 valence electrons. The average molecular weight is 471 g/mol. The maximum Gasteiger partial charge on any atom is 0.294 e. The minimum absolute atomic E-state index is 0.0581. The Morgan fingerprint density at radius 2 is 1.97 bits per heavy atom. The molecule has 2 bridgehead atoms. The van der Waals surface area contributed by atoms with Crippen LogP contribution in [-0.4, -0.2) is 43.9 Å². The van der Waals surface area contributed by atoms with Crippen LogP contribution in [-0.2, 0) is 11.8 Å². The summed E-state index contributed by atoms with van der Waals surface area (Å²) >= 11 is 0. The van der Waals surface area contributed by atoms with Crippen molar-refractivity contribution in [2.24, 2.45) is 18.9 Å². The van der Waals surface area contributed by atoms with E-state index in [9.17, 15) is 23.9 Å². The number of Topliss-reactive ketones (excluding diaryl/α,β-unsaturated/α-hetero) is 1. The number of hydrogen-bond acceptors (Lipinski definition) is 5. The number of pyridine rings is 1. The second-order valence-corrected chi connectivity index (χ2v) is 9.91. The molecule has 2 aliphatic rings. The van der Waals surface area contributed by atoms with Gasteiger partial charge >= 0.3 is 0 Å². The molecule has 2 aromatic heterocycles. The van der Waals surface area contributed by atoms with E-state index in [-0.39, 0.29) is 29.1 Å². The number of rotatable bonds is 5. The number of anilines is 1. The third kappa shape index (κ3) is 4.36. The number of aromatic nitrogens is 2. The summed E-state index contributed by atoms with van der Waals surface area (Å²) in [4.78, 5) is 42.7. The predicted molar refractivity (Wildman–Crippen MR) is 124 cm³/mol. The van der Waals surface area contributed by atoms with E-state index < -0.39 is 29.1 Å². The summed E-state index contributed by atoms with van der Waals surface area (Å²) in [6, 6.07) is 2.36. The van der Waals surface area contributed by atoms with E-state index >= 15 is 0 Å². The normalized spacial score (nSPS) is 26.1. The van der Waals surface area contributed by atoms with Crippen molar-refractivity contribution in [3.8, 4) is 0 Å². The number of hydrogen-bond donors (Lipinski definition) is 3. The van der Waals surface area contributed by atoms with Crippen LogP contribution in [0.15, 0.2) is 18.3 Å². The molecule has 2 heterocycles. The molecule has 0 saturated heterocycles. The van der Waals surface area contributed by atoms with Crippen LogP contribution < -0.4 is 10.6 Å². The standard InChI is InChI=1S/C25H31FN4O4/c1-13-10-25(34)9-5-6-16(11-25)20(13)29-24(33)22(31)21-14(2)19(15(3)30(21)4)23(32)28-17-7-8-18(26)27-12-17/h7-8,12-13,16,20,34H,5-6,9-11H2,1-4H3,(H,28,32)(H,29,33)/t13?,16?,20-,25-/m1/s1. The SMILES string of the molecule is Cc1c(C(=O)Nc2ccc(F)nc2)c(C)n(C)c1C(=O)C(=O)N[C@@H]1C(C)C[C@]2(O)CCCC1C2. The smallest absolute Gasteiger partial charge is 0.294 e. The van der Waals surface area contributed by atoms with Gasteiger partial charge in [0.25, 0.3) is 17.6 Å². The molecule has 2 unspecified atom stereocenters. The molecule has 0 spiro atoms. The molecule has 0 aromatic carbocycles. The number of halogens is 1. The van der Waals surface area contributed by atoms with E-state index in [1.54, 1.807) is 25.5 Å². The maximum absolute atomic E-state index is 13.2. The van der Waals surface area contributed by atoms with Crippen molar-refractivity contribution >= 4 is 23.3 Å². The van der Waals surface area contributed by atoms with Gasteiger partial charge in [0.05, 0.1) is 28.7 Å². The molecule has 2 fully saturated rings. The van der Waals surface area contributed by atoms with E-state index in [0.717, 1.165) is 25.3 Å². The molecular formula is C25H31FN4O4. The molecule has 8 nitrogen and oxygen atoms in total. The Hall–Kier alpha value is -3.07. The number of carbonyl (C=O) groups is 3. The lowest BCUT2D eigenvalue weighted by atomic mass is 9.63. The lowest BCUT2D eigenvalue weighted by Gasteiger charge is -2.49. The number of nitrogens with zero attached hydrogens (tertiary/aromatic N) is 2. The van der Waals surface area contributed by atoms with Crippen LogP contribution in [0.4, 0.5) is 10.1 Å². The summed E-state index contributed by atoms with van der Waals surface area (Å²) < 4.78 is 14.6. The van der Waals surface area contributed by atoms with E-state index in [4.69, 9.17) is 0 Å². The molecule has 4 atom stereocenters. The van der Waals surface area contributed by atoms with Gasteiger partial charge < -0.3 is 20.3 Å². The first-order valence-corrected chi connectivity index (χ1v) is 11.7. The minimum Gasteiger partial charge on any atom is -0.390 e. The van der Waals surface area contributed by atoms with Gasteiger partial charge in [0.2, 0.25) is 5.95 Å². The Bertz CT molecular complexity index is 1140. The zero-order valence-corrected chi connectivity index (χ0v) is 19.9. The van der Waals surface area contributed by atoms with Gasteiger partial charge in [0.15, 0.2) is 0 Å². The van der Waals surface area contributed by atoms with Gasteiger partial charge in [-0.15, -0.1) is 0 Å². The fraction of sp³-hybridized carbons (Fsp3) is 0.520. The Kier molecular flexibility index (Phi) is 6.33. The summed E-state index contributed by atoms with van der Waals surface area (Å²) in [6.45, 7) is 5.34. The largest absolute Gasteiger partial charge is 0.390 e. The van der Waals surface area contributed by atoms with Crippen LogP contribution in [0.3, 0.4) is 0 Å². The van der Waals surface area contributed by atoms with Crippen molar-refractivity contribution in [3.05, 3.63) is 46.8 Å². The van der Waals surface area contributed by atoms with E-state index in [1.807, 2.05) is 6.92 Å². The summed E-state index contributed by atoms with van der Waals surface area (Å²) in [5, 5.41) is 16.3. The molecule has 34 heavy (non-hydrogen) atoms.